The van der Waals surface area contributed by atoms with Gasteiger partial charge in [-0.05, 0) is 12.1 Å². The lowest BCUT2D eigenvalue weighted by Gasteiger charge is -2.08. The Morgan fingerprint density at radius 3 is 3.06 bits per heavy atom. The predicted molar refractivity (Wildman–Crippen MR) is 63.3 cm³/mol. The van der Waals surface area contributed by atoms with Crippen LogP contribution in [0.2, 0.25) is 0 Å². The van der Waals surface area contributed by atoms with Gasteiger partial charge in [0.25, 0.3) is 0 Å². The first kappa shape index (κ1) is 9.84. The summed E-state index contributed by atoms with van der Waals surface area (Å²) in [6, 6.07) is 8.13. The Morgan fingerprint density at radius 1 is 1.24 bits per heavy atom. The van der Waals surface area contributed by atoms with E-state index in [-0.39, 0.29) is 0 Å². The molecule has 0 aliphatic carbocycles. The van der Waals surface area contributed by atoms with Gasteiger partial charge in [0.05, 0.1) is 11.8 Å². The number of para-hydroxylation sites is 1. The second-order valence-corrected chi connectivity index (χ2v) is 3.56. The Bertz CT molecular complexity index is 605. The monoisotopic (exact) mass is 226 g/mol. The van der Waals surface area contributed by atoms with Gasteiger partial charge in [-0.3, -0.25) is 0 Å². The average molecular weight is 226 g/mol. The summed E-state index contributed by atoms with van der Waals surface area (Å²) in [6.45, 7) is 0.513. The Morgan fingerprint density at radius 2 is 2.18 bits per heavy atom. The number of fused-ring (bicyclic) bond motifs is 1. The van der Waals surface area contributed by atoms with Crippen LogP contribution in [0.5, 0.6) is 6.01 Å². The zero-order chi connectivity index (χ0) is 11.5. The van der Waals surface area contributed by atoms with E-state index in [1.54, 1.807) is 18.5 Å². The highest BCUT2D eigenvalue weighted by molar-refractivity contribution is 5.77. The molecular weight excluding hydrogens is 216 g/mol. The zero-order valence-electron chi connectivity index (χ0n) is 9.04. The van der Waals surface area contributed by atoms with Crippen LogP contribution in [-0.2, 0) is 4.74 Å². The molecule has 1 aromatic heterocycles. The van der Waals surface area contributed by atoms with Gasteiger partial charge in [0.1, 0.15) is 12.4 Å². The first-order valence-corrected chi connectivity index (χ1v) is 5.30. The molecule has 0 saturated carbocycles. The highest BCUT2D eigenvalue weighted by Crippen LogP contribution is 2.15. The number of allylic oxidation sites excluding steroid dienone is 1. The van der Waals surface area contributed by atoms with Crippen molar-refractivity contribution in [2.45, 2.75) is 0 Å². The number of nitrogens with zero attached hydrogens (tertiary/aromatic N) is 2. The SMILES string of the molecule is C1=CC(Oc2ncc3ccccc3n2)=CCO1. The maximum Gasteiger partial charge on any atom is 0.322 e. The summed E-state index contributed by atoms with van der Waals surface area (Å²) in [5, 5.41) is 0.997. The summed E-state index contributed by atoms with van der Waals surface area (Å²) >= 11 is 0. The highest BCUT2D eigenvalue weighted by Gasteiger charge is 2.04. The van der Waals surface area contributed by atoms with Crippen molar-refractivity contribution in [3.63, 3.8) is 0 Å². The third kappa shape index (κ3) is 2.10. The molecule has 0 atom stereocenters. The number of benzene rings is 1. The molecule has 1 aromatic carbocycles. The van der Waals surface area contributed by atoms with E-state index >= 15 is 0 Å². The van der Waals surface area contributed by atoms with Crippen LogP contribution in [0.4, 0.5) is 0 Å². The molecule has 0 N–H and O–H groups in total. The zero-order valence-corrected chi connectivity index (χ0v) is 9.04. The van der Waals surface area contributed by atoms with Crippen LogP contribution >= 0.6 is 0 Å². The molecule has 3 rings (SSSR count). The van der Waals surface area contributed by atoms with Gasteiger partial charge in [0.15, 0.2) is 0 Å². The molecule has 2 aromatic rings. The van der Waals surface area contributed by atoms with Crippen molar-refractivity contribution in [2.75, 3.05) is 6.61 Å². The van der Waals surface area contributed by atoms with Crippen LogP contribution in [0.1, 0.15) is 0 Å². The number of hydrogen-bond donors (Lipinski definition) is 0. The standard InChI is InChI=1S/C13H10N2O2/c1-2-4-12-10(3-1)9-14-13(15-12)17-11-5-7-16-8-6-11/h1-7,9H,8H2. The average Bonchev–Trinajstić information content (AvgIpc) is 2.40. The molecule has 1 aliphatic rings. The van der Waals surface area contributed by atoms with Crippen molar-refractivity contribution in [1.82, 2.24) is 9.97 Å². The maximum absolute atomic E-state index is 5.54. The van der Waals surface area contributed by atoms with Gasteiger partial charge in [0, 0.05) is 17.7 Å². The van der Waals surface area contributed by atoms with Crippen molar-refractivity contribution in [2.24, 2.45) is 0 Å². The number of ether oxygens (including phenoxy) is 2. The topological polar surface area (TPSA) is 44.2 Å². The number of hydrogen-bond acceptors (Lipinski definition) is 4. The van der Waals surface area contributed by atoms with Gasteiger partial charge in [0.2, 0.25) is 0 Å². The Hall–Kier alpha value is -2.36. The smallest absolute Gasteiger partial charge is 0.322 e. The maximum atomic E-state index is 5.54. The lowest BCUT2D eigenvalue weighted by molar-refractivity contribution is 0.271. The summed E-state index contributed by atoms with van der Waals surface area (Å²) in [6.07, 6.45) is 6.91. The van der Waals surface area contributed by atoms with Crippen molar-refractivity contribution in [1.29, 1.82) is 0 Å². The van der Waals surface area contributed by atoms with Gasteiger partial charge in [-0.25, -0.2) is 4.98 Å². The van der Waals surface area contributed by atoms with Gasteiger partial charge in [-0.15, -0.1) is 0 Å². The molecule has 1 aliphatic heterocycles. The van der Waals surface area contributed by atoms with E-state index in [0.29, 0.717) is 18.4 Å². The molecule has 4 heteroatoms. The molecule has 0 saturated heterocycles. The summed E-state index contributed by atoms with van der Waals surface area (Å²) in [5.74, 6) is 0.700. The molecule has 0 spiro atoms. The summed E-state index contributed by atoms with van der Waals surface area (Å²) in [5.41, 5.74) is 0.870. The minimum absolute atomic E-state index is 0.349. The Labute approximate surface area is 98.2 Å². The fourth-order valence-electron chi connectivity index (χ4n) is 1.55. The lowest BCUT2D eigenvalue weighted by Crippen LogP contribution is -2.01. The fourth-order valence-corrected chi connectivity index (χ4v) is 1.55. The Kier molecular flexibility index (Phi) is 2.46. The van der Waals surface area contributed by atoms with Gasteiger partial charge < -0.3 is 9.47 Å². The van der Waals surface area contributed by atoms with Crippen LogP contribution < -0.4 is 4.74 Å². The van der Waals surface area contributed by atoms with Crippen molar-refractivity contribution < 1.29 is 9.47 Å². The molecule has 0 fully saturated rings. The van der Waals surface area contributed by atoms with E-state index in [9.17, 15) is 0 Å². The molecule has 84 valence electrons. The van der Waals surface area contributed by atoms with E-state index in [1.807, 2.05) is 30.3 Å². The third-order valence-electron chi connectivity index (χ3n) is 2.39. The molecule has 17 heavy (non-hydrogen) atoms. The van der Waals surface area contributed by atoms with E-state index < -0.39 is 0 Å². The summed E-state index contributed by atoms with van der Waals surface area (Å²) in [7, 11) is 0. The van der Waals surface area contributed by atoms with Crippen LogP contribution in [0, 0.1) is 0 Å². The van der Waals surface area contributed by atoms with E-state index in [2.05, 4.69) is 9.97 Å². The fraction of sp³-hybridized carbons (Fsp3) is 0.0769. The second-order valence-electron chi connectivity index (χ2n) is 3.56. The summed E-state index contributed by atoms with van der Waals surface area (Å²) in [4.78, 5) is 8.47. The van der Waals surface area contributed by atoms with Crippen LogP contribution in [0.3, 0.4) is 0 Å². The van der Waals surface area contributed by atoms with E-state index in [4.69, 9.17) is 9.47 Å². The van der Waals surface area contributed by atoms with E-state index in [0.717, 1.165) is 10.9 Å². The van der Waals surface area contributed by atoms with Gasteiger partial charge in [-0.1, -0.05) is 18.2 Å². The van der Waals surface area contributed by atoms with E-state index in [1.165, 1.54) is 0 Å². The first-order valence-electron chi connectivity index (χ1n) is 5.30. The van der Waals surface area contributed by atoms with Crippen molar-refractivity contribution >= 4 is 10.9 Å². The molecular formula is C13H10N2O2. The number of rotatable bonds is 2. The minimum atomic E-state index is 0.349. The van der Waals surface area contributed by atoms with Crippen molar-refractivity contribution in [3.8, 4) is 6.01 Å². The van der Waals surface area contributed by atoms with Gasteiger partial charge in [-0.2, -0.15) is 4.98 Å². The minimum Gasteiger partial charge on any atom is -0.497 e. The lowest BCUT2D eigenvalue weighted by atomic mass is 10.2. The van der Waals surface area contributed by atoms with Crippen LogP contribution in [0.25, 0.3) is 10.9 Å². The van der Waals surface area contributed by atoms with Crippen LogP contribution in [-0.4, -0.2) is 16.6 Å². The normalized spacial score (nSPS) is 14.2. The first-order chi connectivity index (χ1) is 8.42. The van der Waals surface area contributed by atoms with Gasteiger partial charge >= 0.3 is 6.01 Å². The molecule has 0 radical (unpaired) electrons. The predicted octanol–water partition coefficient (Wildman–Crippen LogP) is 2.44. The van der Waals surface area contributed by atoms with Crippen LogP contribution in [0.15, 0.2) is 54.6 Å². The molecule has 0 amide bonds. The number of aromatic nitrogens is 2. The Balaban J connectivity index is 1.90. The summed E-state index contributed by atoms with van der Waals surface area (Å²) < 4.78 is 10.6. The second kappa shape index (κ2) is 4.25. The largest absolute Gasteiger partial charge is 0.497 e. The molecule has 4 nitrogen and oxygen atoms in total. The highest BCUT2D eigenvalue weighted by atomic mass is 16.5. The quantitative estimate of drug-likeness (QED) is 0.788. The molecule has 2 heterocycles. The third-order valence-corrected chi connectivity index (χ3v) is 2.39. The molecule has 0 bridgehead atoms. The van der Waals surface area contributed by atoms with Crippen molar-refractivity contribution in [3.05, 3.63) is 54.6 Å². The molecule has 0 unspecified atom stereocenters.